The summed E-state index contributed by atoms with van der Waals surface area (Å²) in [6.45, 7) is 14.2. The lowest BCUT2D eigenvalue weighted by atomic mass is 9.81. The van der Waals surface area contributed by atoms with Crippen LogP contribution in [-0.4, -0.2) is 35.6 Å². The van der Waals surface area contributed by atoms with Crippen LogP contribution in [0.3, 0.4) is 0 Å². The third-order valence-corrected chi connectivity index (χ3v) is 4.55. The molecule has 17 heavy (non-hydrogen) atoms. The van der Waals surface area contributed by atoms with Gasteiger partial charge in [-0.25, -0.2) is 0 Å². The van der Waals surface area contributed by atoms with Crippen molar-refractivity contribution in [2.45, 2.75) is 77.9 Å². The smallest absolute Gasteiger partial charge is 0.0272 e. The van der Waals surface area contributed by atoms with Gasteiger partial charge < -0.3 is 5.32 Å². The van der Waals surface area contributed by atoms with E-state index in [4.69, 9.17) is 0 Å². The normalized spacial score (nSPS) is 31.9. The quantitative estimate of drug-likeness (QED) is 0.755. The van der Waals surface area contributed by atoms with Gasteiger partial charge in [0, 0.05) is 30.7 Å². The van der Waals surface area contributed by atoms with E-state index in [0.717, 1.165) is 12.6 Å². The second kappa shape index (κ2) is 4.55. The zero-order valence-corrected chi connectivity index (χ0v) is 12.3. The van der Waals surface area contributed by atoms with E-state index in [-0.39, 0.29) is 5.54 Å². The maximum atomic E-state index is 3.73. The van der Waals surface area contributed by atoms with Gasteiger partial charge in [-0.2, -0.15) is 0 Å². The van der Waals surface area contributed by atoms with E-state index in [9.17, 15) is 0 Å². The predicted molar refractivity (Wildman–Crippen MR) is 74.3 cm³/mol. The minimum Gasteiger partial charge on any atom is -0.309 e. The lowest BCUT2D eigenvalue weighted by Crippen LogP contribution is -2.66. The van der Waals surface area contributed by atoms with Crippen molar-refractivity contribution in [2.24, 2.45) is 5.41 Å². The maximum absolute atomic E-state index is 3.73. The van der Waals surface area contributed by atoms with Crippen LogP contribution in [0, 0.1) is 5.41 Å². The van der Waals surface area contributed by atoms with Crippen LogP contribution < -0.4 is 5.32 Å². The molecule has 1 aliphatic heterocycles. The molecule has 1 aliphatic carbocycles. The lowest BCUT2D eigenvalue weighted by Gasteiger charge is -2.52. The van der Waals surface area contributed by atoms with Crippen LogP contribution in [0.2, 0.25) is 0 Å². The molecule has 1 N–H and O–H groups in total. The Hall–Kier alpha value is -0.0800. The molecule has 100 valence electrons. The fraction of sp³-hybridized carbons (Fsp3) is 1.00. The molecular weight excluding hydrogens is 208 g/mol. The Labute approximate surface area is 107 Å². The predicted octanol–water partition coefficient (Wildman–Crippen LogP) is 3.03. The van der Waals surface area contributed by atoms with Crippen molar-refractivity contribution in [2.75, 3.05) is 13.1 Å². The molecule has 0 bridgehead atoms. The molecule has 2 nitrogen and oxygen atoms in total. The summed E-state index contributed by atoms with van der Waals surface area (Å²) in [5, 5.41) is 3.73. The lowest BCUT2D eigenvalue weighted by molar-refractivity contribution is 0.00271. The highest BCUT2D eigenvalue weighted by Gasteiger charge is 2.41. The zero-order chi connectivity index (χ0) is 12.7. The number of nitrogens with zero attached hydrogens (tertiary/aromatic N) is 1. The zero-order valence-electron chi connectivity index (χ0n) is 12.3. The summed E-state index contributed by atoms with van der Waals surface area (Å²) in [6, 6.07) is 1.54. The van der Waals surface area contributed by atoms with Gasteiger partial charge in [-0.15, -0.1) is 0 Å². The Morgan fingerprint density at radius 1 is 1.12 bits per heavy atom. The van der Waals surface area contributed by atoms with Crippen LogP contribution in [0.25, 0.3) is 0 Å². The Kier molecular flexibility index (Phi) is 3.57. The largest absolute Gasteiger partial charge is 0.309 e. The Morgan fingerprint density at radius 3 is 2.24 bits per heavy atom. The van der Waals surface area contributed by atoms with Crippen LogP contribution in [0.4, 0.5) is 0 Å². The first-order valence-electron chi connectivity index (χ1n) is 7.30. The third kappa shape index (κ3) is 3.03. The summed E-state index contributed by atoms with van der Waals surface area (Å²) in [7, 11) is 0. The standard InChI is InChI=1S/C15H30N2/c1-14(2,3)13-10-16-15(4,5)11-17(13)12-8-6-7-9-12/h12-13,16H,6-11H2,1-5H3. The molecule has 0 aromatic carbocycles. The SMILES string of the molecule is CC1(C)CN(C2CCCC2)C(C(C)(C)C)CN1. The summed E-state index contributed by atoms with van der Waals surface area (Å²) in [5.74, 6) is 0. The summed E-state index contributed by atoms with van der Waals surface area (Å²) in [5.41, 5.74) is 0.663. The van der Waals surface area contributed by atoms with Gasteiger partial charge in [-0.1, -0.05) is 33.6 Å². The van der Waals surface area contributed by atoms with Gasteiger partial charge in [-0.3, -0.25) is 4.90 Å². The molecule has 2 aliphatic rings. The van der Waals surface area contributed by atoms with E-state index in [1.807, 2.05) is 0 Å². The van der Waals surface area contributed by atoms with Gasteiger partial charge in [0.2, 0.25) is 0 Å². The molecule has 2 rings (SSSR count). The van der Waals surface area contributed by atoms with Crippen molar-refractivity contribution < 1.29 is 0 Å². The van der Waals surface area contributed by atoms with Gasteiger partial charge in [0.25, 0.3) is 0 Å². The van der Waals surface area contributed by atoms with Crippen molar-refractivity contribution in [3.8, 4) is 0 Å². The minimum atomic E-state index is 0.282. The van der Waals surface area contributed by atoms with Crippen molar-refractivity contribution in [3.63, 3.8) is 0 Å². The maximum Gasteiger partial charge on any atom is 0.0272 e. The first kappa shape index (κ1) is 13.4. The van der Waals surface area contributed by atoms with Crippen molar-refractivity contribution in [1.82, 2.24) is 10.2 Å². The van der Waals surface area contributed by atoms with Crippen LogP contribution in [-0.2, 0) is 0 Å². The highest BCUT2D eigenvalue weighted by atomic mass is 15.3. The second-order valence-electron chi connectivity index (χ2n) is 7.76. The number of hydrogen-bond donors (Lipinski definition) is 1. The molecule has 2 fully saturated rings. The van der Waals surface area contributed by atoms with E-state index >= 15 is 0 Å². The van der Waals surface area contributed by atoms with Gasteiger partial charge in [-0.05, 0) is 32.1 Å². The molecule has 0 spiro atoms. The van der Waals surface area contributed by atoms with Crippen LogP contribution in [0.5, 0.6) is 0 Å². The van der Waals surface area contributed by atoms with Crippen LogP contribution in [0.1, 0.15) is 60.3 Å². The third-order valence-electron chi connectivity index (χ3n) is 4.55. The first-order valence-corrected chi connectivity index (χ1v) is 7.30. The van der Waals surface area contributed by atoms with Gasteiger partial charge in [0.15, 0.2) is 0 Å². The van der Waals surface area contributed by atoms with Crippen LogP contribution >= 0.6 is 0 Å². The Bertz CT molecular complexity index is 259. The second-order valence-corrected chi connectivity index (χ2v) is 7.76. The summed E-state index contributed by atoms with van der Waals surface area (Å²) >= 11 is 0. The van der Waals surface area contributed by atoms with E-state index in [1.165, 1.54) is 32.2 Å². The highest BCUT2D eigenvalue weighted by molar-refractivity contribution is 4.99. The molecule has 0 radical (unpaired) electrons. The fourth-order valence-electron chi connectivity index (χ4n) is 3.54. The molecule has 1 saturated carbocycles. The van der Waals surface area contributed by atoms with E-state index in [1.54, 1.807) is 0 Å². The summed E-state index contributed by atoms with van der Waals surface area (Å²) < 4.78 is 0. The van der Waals surface area contributed by atoms with Crippen molar-refractivity contribution in [1.29, 1.82) is 0 Å². The molecule has 0 aromatic rings. The minimum absolute atomic E-state index is 0.282. The Balaban J connectivity index is 2.14. The molecule has 1 saturated heterocycles. The van der Waals surface area contributed by atoms with Gasteiger partial charge in [0.05, 0.1) is 0 Å². The van der Waals surface area contributed by atoms with E-state index in [2.05, 4.69) is 44.8 Å². The molecule has 1 unspecified atom stereocenters. The van der Waals surface area contributed by atoms with Crippen molar-refractivity contribution >= 4 is 0 Å². The topological polar surface area (TPSA) is 15.3 Å². The first-order chi connectivity index (χ1) is 7.80. The highest BCUT2D eigenvalue weighted by Crippen LogP contribution is 2.34. The fourth-order valence-corrected chi connectivity index (χ4v) is 3.54. The number of hydrogen-bond acceptors (Lipinski definition) is 2. The molecule has 0 aromatic heterocycles. The summed E-state index contributed by atoms with van der Waals surface area (Å²) in [4.78, 5) is 2.82. The number of nitrogens with one attached hydrogen (secondary N) is 1. The molecule has 1 atom stereocenters. The average Bonchev–Trinajstić information content (AvgIpc) is 2.66. The van der Waals surface area contributed by atoms with E-state index < -0.39 is 0 Å². The van der Waals surface area contributed by atoms with Gasteiger partial charge >= 0.3 is 0 Å². The average molecular weight is 238 g/mol. The molecule has 0 amide bonds. The van der Waals surface area contributed by atoms with E-state index in [0.29, 0.717) is 11.5 Å². The van der Waals surface area contributed by atoms with Crippen LogP contribution in [0.15, 0.2) is 0 Å². The number of rotatable bonds is 1. The van der Waals surface area contributed by atoms with Gasteiger partial charge in [0.1, 0.15) is 0 Å². The molecule has 2 heteroatoms. The molecule has 1 heterocycles. The molecular formula is C15H30N2. The summed E-state index contributed by atoms with van der Waals surface area (Å²) in [6.07, 6.45) is 5.71. The Morgan fingerprint density at radius 2 is 1.71 bits per heavy atom. The van der Waals surface area contributed by atoms with Crippen molar-refractivity contribution in [3.05, 3.63) is 0 Å². The number of piperazine rings is 1. The monoisotopic (exact) mass is 238 g/mol.